The zero-order valence-corrected chi connectivity index (χ0v) is 10.5. The van der Waals surface area contributed by atoms with E-state index in [-0.39, 0.29) is 5.54 Å². The summed E-state index contributed by atoms with van der Waals surface area (Å²) in [5.41, 5.74) is 0.193. The monoisotopic (exact) mass is 293 g/mol. The first kappa shape index (κ1) is 11.0. The number of hydrogen-bond acceptors (Lipinski definition) is 2. The molecule has 0 amide bonds. The van der Waals surface area contributed by atoms with Crippen molar-refractivity contribution in [1.29, 1.82) is 0 Å². The van der Waals surface area contributed by atoms with Crippen LogP contribution in [0.25, 0.3) is 0 Å². The molecule has 0 atom stereocenters. The van der Waals surface area contributed by atoms with Crippen LogP contribution < -0.4 is 5.32 Å². The minimum absolute atomic E-state index is 0.193. The quantitative estimate of drug-likeness (QED) is 0.863. The van der Waals surface area contributed by atoms with Gasteiger partial charge in [-0.05, 0) is 55.0 Å². The molecule has 0 unspecified atom stereocenters. The van der Waals surface area contributed by atoms with E-state index in [4.69, 9.17) is 4.42 Å². The lowest BCUT2D eigenvalue weighted by atomic mass is 10.0. The third-order valence-corrected chi connectivity index (χ3v) is 2.83. The zero-order valence-electron chi connectivity index (χ0n) is 8.36. The second-order valence-electron chi connectivity index (χ2n) is 3.80. The van der Waals surface area contributed by atoms with Crippen molar-refractivity contribution in [3.63, 3.8) is 0 Å². The Kier molecular flexibility index (Phi) is 3.79. The second kappa shape index (κ2) is 4.46. The number of furan rings is 1. The fourth-order valence-electron chi connectivity index (χ4n) is 0.898. The van der Waals surface area contributed by atoms with Gasteiger partial charge in [0.25, 0.3) is 0 Å². The highest BCUT2D eigenvalue weighted by molar-refractivity contribution is 14.1. The molecule has 2 nitrogen and oxygen atoms in total. The van der Waals surface area contributed by atoms with E-state index < -0.39 is 0 Å². The molecule has 74 valence electrons. The van der Waals surface area contributed by atoms with E-state index >= 15 is 0 Å². The summed E-state index contributed by atoms with van der Waals surface area (Å²) in [5.74, 6) is 1.01. The Labute approximate surface area is 93.2 Å². The minimum Gasteiger partial charge on any atom is -0.454 e. The Morgan fingerprint density at radius 3 is 2.62 bits per heavy atom. The Balaban J connectivity index is 2.43. The summed E-state index contributed by atoms with van der Waals surface area (Å²) >= 11 is 2.18. The Morgan fingerprint density at radius 2 is 2.15 bits per heavy atom. The van der Waals surface area contributed by atoms with Gasteiger partial charge in [-0.2, -0.15) is 0 Å². The normalized spacial score (nSPS) is 12.0. The summed E-state index contributed by atoms with van der Waals surface area (Å²) < 4.78 is 6.40. The minimum atomic E-state index is 0.193. The van der Waals surface area contributed by atoms with Crippen molar-refractivity contribution in [2.75, 3.05) is 0 Å². The Hall–Kier alpha value is -0.0300. The van der Waals surface area contributed by atoms with Crippen LogP contribution in [-0.2, 0) is 6.54 Å². The Bertz CT molecular complexity index is 268. The van der Waals surface area contributed by atoms with Gasteiger partial charge in [-0.1, -0.05) is 6.92 Å². The molecule has 1 aromatic heterocycles. The average Bonchev–Trinajstić information content (AvgIpc) is 2.48. The van der Waals surface area contributed by atoms with Crippen LogP contribution in [0.4, 0.5) is 0 Å². The molecule has 13 heavy (non-hydrogen) atoms. The largest absolute Gasteiger partial charge is 0.454 e. The van der Waals surface area contributed by atoms with Crippen molar-refractivity contribution >= 4 is 22.6 Å². The van der Waals surface area contributed by atoms with Crippen LogP contribution >= 0.6 is 22.6 Å². The molecule has 0 saturated heterocycles. The lowest BCUT2D eigenvalue weighted by molar-refractivity contribution is 0.348. The molecule has 0 saturated carbocycles. The van der Waals surface area contributed by atoms with Gasteiger partial charge in [-0.15, -0.1) is 0 Å². The van der Waals surface area contributed by atoms with Crippen molar-refractivity contribution in [1.82, 2.24) is 5.32 Å². The van der Waals surface area contributed by atoms with Crippen LogP contribution in [0.2, 0.25) is 0 Å². The molecule has 0 aliphatic carbocycles. The van der Waals surface area contributed by atoms with Crippen molar-refractivity contribution in [2.24, 2.45) is 0 Å². The van der Waals surface area contributed by atoms with Crippen molar-refractivity contribution < 1.29 is 4.42 Å². The number of rotatable bonds is 4. The standard InChI is InChI=1S/C10H16INO/c1-4-10(2,3)12-7-8-5-6-9(11)13-8/h5-6,12H,4,7H2,1-3H3. The third kappa shape index (κ3) is 3.68. The molecule has 0 bridgehead atoms. The maximum absolute atomic E-state index is 5.45. The van der Waals surface area contributed by atoms with E-state index in [1.807, 2.05) is 12.1 Å². The highest BCUT2D eigenvalue weighted by Gasteiger charge is 2.14. The maximum Gasteiger partial charge on any atom is 0.164 e. The molecule has 3 heteroatoms. The van der Waals surface area contributed by atoms with Gasteiger partial charge in [0.2, 0.25) is 0 Å². The van der Waals surface area contributed by atoms with Crippen LogP contribution in [0.1, 0.15) is 33.0 Å². The van der Waals surface area contributed by atoms with Crippen LogP contribution in [-0.4, -0.2) is 5.54 Å². The van der Waals surface area contributed by atoms with Gasteiger partial charge in [0.05, 0.1) is 6.54 Å². The van der Waals surface area contributed by atoms with E-state index in [0.717, 1.165) is 22.5 Å². The third-order valence-electron chi connectivity index (χ3n) is 2.25. The highest BCUT2D eigenvalue weighted by Crippen LogP contribution is 2.12. The molecule has 1 N–H and O–H groups in total. The molecule has 0 spiro atoms. The topological polar surface area (TPSA) is 25.2 Å². The SMILES string of the molecule is CCC(C)(C)NCc1ccc(I)o1. The summed E-state index contributed by atoms with van der Waals surface area (Å²) in [6.45, 7) is 7.38. The first-order valence-corrected chi connectivity index (χ1v) is 5.60. The summed E-state index contributed by atoms with van der Waals surface area (Å²) in [6.07, 6.45) is 1.12. The number of nitrogens with one attached hydrogen (secondary N) is 1. The molecule has 1 rings (SSSR count). The first-order chi connectivity index (χ1) is 6.03. The van der Waals surface area contributed by atoms with E-state index in [0.29, 0.717) is 0 Å². The van der Waals surface area contributed by atoms with Gasteiger partial charge >= 0.3 is 0 Å². The van der Waals surface area contributed by atoms with Crippen LogP contribution in [0.3, 0.4) is 0 Å². The molecule has 0 aliphatic rings. The average molecular weight is 293 g/mol. The molecule has 0 aromatic carbocycles. The van der Waals surface area contributed by atoms with E-state index in [2.05, 4.69) is 48.7 Å². The molecule has 0 aliphatic heterocycles. The number of halogens is 1. The first-order valence-electron chi connectivity index (χ1n) is 4.53. The second-order valence-corrected chi connectivity index (χ2v) is 4.86. The maximum atomic E-state index is 5.45. The van der Waals surface area contributed by atoms with Crippen LogP contribution in [0, 0.1) is 3.77 Å². The van der Waals surface area contributed by atoms with Crippen LogP contribution in [0.5, 0.6) is 0 Å². The fourth-order valence-corrected chi connectivity index (χ4v) is 1.36. The van der Waals surface area contributed by atoms with Crippen molar-refractivity contribution in [2.45, 2.75) is 39.3 Å². The molecular formula is C10H16INO. The van der Waals surface area contributed by atoms with Gasteiger partial charge in [-0.3, -0.25) is 0 Å². The lowest BCUT2D eigenvalue weighted by Crippen LogP contribution is -2.37. The summed E-state index contributed by atoms with van der Waals surface area (Å²) in [4.78, 5) is 0. The summed E-state index contributed by atoms with van der Waals surface area (Å²) in [6, 6.07) is 4.00. The molecular weight excluding hydrogens is 277 g/mol. The lowest BCUT2D eigenvalue weighted by Gasteiger charge is -2.23. The molecule has 1 aromatic rings. The van der Waals surface area contributed by atoms with Crippen LogP contribution in [0.15, 0.2) is 16.5 Å². The predicted molar refractivity (Wildman–Crippen MR) is 62.6 cm³/mol. The molecule has 0 fully saturated rings. The number of hydrogen-bond donors (Lipinski definition) is 1. The fraction of sp³-hybridized carbons (Fsp3) is 0.600. The highest BCUT2D eigenvalue weighted by atomic mass is 127. The van der Waals surface area contributed by atoms with Crippen molar-refractivity contribution in [3.8, 4) is 0 Å². The Morgan fingerprint density at radius 1 is 1.46 bits per heavy atom. The van der Waals surface area contributed by atoms with Gasteiger partial charge in [0.1, 0.15) is 5.76 Å². The summed E-state index contributed by atoms with van der Waals surface area (Å²) in [7, 11) is 0. The smallest absolute Gasteiger partial charge is 0.164 e. The van der Waals surface area contributed by atoms with Gasteiger partial charge in [0.15, 0.2) is 3.77 Å². The zero-order chi connectivity index (χ0) is 9.90. The molecule has 1 heterocycles. The van der Waals surface area contributed by atoms with Gasteiger partial charge in [-0.25, -0.2) is 0 Å². The predicted octanol–water partition coefficient (Wildman–Crippen LogP) is 3.16. The van der Waals surface area contributed by atoms with E-state index in [1.165, 1.54) is 0 Å². The van der Waals surface area contributed by atoms with Crippen molar-refractivity contribution in [3.05, 3.63) is 21.7 Å². The summed E-state index contributed by atoms with van der Waals surface area (Å²) in [5, 5.41) is 3.44. The van der Waals surface area contributed by atoms with E-state index in [9.17, 15) is 0 Å². The molecule has 0 radical (unpaired) electrons. The van der Waals surface area contributed by atoms with Gasteiger partial charge < -0.3 is 9.73 Å². The van der Waals surface area contributed by atoms with Gasteiger partial charge in [0, 0.05) is 5.54 Å². The van der Waals surface area contributed by atoms with E-state index in [1.54, 1.807) is 0 Å².